The van der Waals surface area contributed by atoms with Crippen molar-refractivity contribution in [1.29, 1.82) is 0 Å². The average molecular weight is 1510 g/mol. The second-order valence-electron chi connectivity index (χ2n) is 33.1. The first kappa shape index (κ1) is 68.7. The van der Waals surface area contributed by atoms with Crippen LogP contribution < -0.4 is 9.80 Å². The average Bonchev–Trinajstić information content (AvgIpc) is 1.56. The van der Waals surface area contributed by atoms with E-state index in [-0.39, 0.29) is 10.8 Å². The number of hydrogen-bond donors (Lipinski definition) is 0. The minimum Gasteiger partial charge on any atom is -0.310 e. The van der Waals surface area contributed by atoms with Crippen LogP contribution in [-0.4, -0.2) is 9.13 Å². The van der Waals surface area contributed by atoms with Gasteiger partial charge in [0.05, 0.1) is 22.1 Å². The molecule has 0 saturated carbocycles. The Morgan fingerprint density at radius 3 is 0.915 bits per heavy atom. The van der Waals surface area contributed by atoms with Crippen LogP contribution in [0.3, 0.4) is 0 Å². The number of benzene rings is 20. The molecular formula is C114H80N4. The zero-order chi connectivity index (χ0) is 78.5. The van der Waals surface area contributed by atoms with Crippen LogP contribution in [0.4, 0.5) is 34.1 Å². The Balaban J connectivity index is 0.000000138. The van der Waals surface area contributed by atoms with Crippen LogP contribution >= 0.6 is 0 Å². The van der Waals surface area contributed by atoms with Crippen molar-refractivity contribution in [2.45, 2.75) is 38.5 Å². The Kier molecular flexibility index (Phi) is 15.7. The molecule has 2 heterocycles. The van der Waals surface area contributed by atoms with Crippen LogP contribution in [0.5, 0.6) is 0 Å². The normalized spacial score (nSPS) is 13.1. The molecule has 4 nitrogen and oxygen atoms in total. The molecule has 4 heteroatoms. The molecule has 0 atom stereocenters. The van der Waals surface area contributed by atoms with Crippen molar-refractivity contribution in [1.82, 2.24) is 9.13 Å². The van der Waals surface area contributed by atoms with Crippen molar-refractivity contribution in [3.63, 3.8) is 0 Å². The molecule has 2 aromatic heterocycles. The molecule has 0 N–H and O–H groups in total. The van der Waals surface area contributed by atoms with E-state index in [1.807, 2.05) is 0 Å². The first-order chi connectivity index (χ1) is 58.0. The highest BCUT2D eigenvalue weighted by Gasteiger charge is 2.39. The summed E-state index contributed by atoms with van der Waals surface area (Å²) >= 11 is 0. The fourth-order valence-electron chi connectivity index (χ4n) is 20.0. The molecule has 556 valence electrons. The standard InChI is InChI=1S/2C57H40N2/c1-57(2)51-35-42-15-7-6-14-41(42)34-50(51)49-31-30-46(36-52(49)57)58(43-16-4-3-5-17-43)44-26-20-37(21-27-44)38-22-28-45(29-23-38)59-53-32-24-39-12-8-10-18-47(39)55(53)56-48-19-11-9-13-40(48)25-33-54(56)59;1-57(2)51-35-45(58(43-16-4-3-5-17-43)44-26-22-38(23-27-44)42-21-20-37-12-6-7-15-41(37)34-42)28-30-49(51)50-31-29-46(36-52(50)57)59-53-32-24-39-13-8-10-18-47(39)55(53)56-48-19-11-9-14-40(48)25-33-54(56)59/h2*3-36H,1-2H3. The minimum atomic E-state index is -0.225. The van der Waals surface area contributed by atoms with Crippen LogP contribution in [0.2, 0.25) is 0 Å². The van der Waals surface area contributed by atoms with Gasteiger partial charge in [0.1, 0.15) is 0 Å². The lowest BCUT2D eigenvalue weighted by molar-refractivity contribution is 0.660. The maximum Gasteiger partial charge on any atom is 0.0547 e. The van der Waals surface area contributed by atoms with Crippen LogP contribution in [0.25, 0.3) is 164 Å². The highest BCUT2D eigenvalue weighted by atomic mass is 15.1. The maximum absolute atomic E-state index is 2.49. The van der Waals surface area contributed by atoms with Gasteiger partial charge >= 0.3 is 0 Å². The summed E-state index contributed by atoms with van der Waals surface area (Å²) in [6.07, 6.45) is 0. The fourth-order valence-corrected chi connectivity index (χ4v) is 20.0. The second-order valence-corrected chi connectivity index (χ2v) is 33.1. The summed E-state index contributed by atoms with van der Waals surface area (Å²) in [5.74, 6) is 0. The Morgan fingerprint density at radius 1 is 0.186 bits per heavy atom. The monoisotopic (exact) mass is 1500 g/mol. The first-order valence-electron chi connectivity index (χ1n) is 41.2. The zero-order valence-electron chi connectivity index (χ0n) is 66.0. The van der Waals surface area contributed by atoms with Crippen molar-refractivity contribution in [3.8, 4) is 55.9 Å². The minimum absolute atomic E-state index is 0.121. The molecule has 0 amide bonds. The van der Waals surface area contributed by atoms with Gasteiger partial charge in [-0.05, 0) is 271 Å². The number of aromatic nitrogens is 2. The molecule has 24 rings (SSSR count). The third kappa shape index (κ3) is 10.9. The van der Waals surface area contributed by atoms with Crippen LogP contribution in [0.1, 0.15) is 49.9 Å². The number of nitrogens with zero attached hydrogens (tertiary/aromatic N) is 4. The lowest BCUT2D eigenvalue weighted by atomic mass is 9.81. The van der Waals surface area contributed by atoms with Crippen LogP contribution in [0, 0.1) is 0 Å². The summed E-state index contributed by atoms with van der Waals surface area (Å²) in [7, 11) is 0. The third-order valence-electron chi connectivity index (χ3n) is 25.9. The Hall–Kier alpha value is -14.8. The molecular weight excluding hydrogens is 1430 g/mol. The Labute approximate surface area is 685 Å². The summed E-state index contributed by atoms with van der Waals surface area (Å²) in [5.41, 5.74) is 29.3. The molecule has 0 radical (unpaired) electrons. The van der Waals surface area contributed by atoms with E-state index >= 15 is 0 Å². The van der Waals surface area contributed by atoms with Crippen molar-refractivity contribution in [2.75, 3.05) is 9.80 Å². The molecule has 0 fully saturated rings. The summed E-state index contributed by atoms with van der Waals surface area (Å²) in [5, 5.41) is 20.5. The molecule has 2 aliphatic carbocycles. The van der Waals surface area contributed by atoms with Gasteiger partial charge in [0.15, 0.2) is 0 Å². The van der Waals surface area contributed by atoms with Gasteiger partial charge in [-0.25, -0.2) is 0 Å². The Morgan fingerprint density at radius 2 is 0.475 bits per heavy atom. The molecule has 22 aromatic rings. The van der Waals surface area contributed by atoms with Gasteiger partial charge < -0.3 is 18.9 Å². The van der Waals surface area contributed by atoms with E-state index in [4.69, 9.17) is 0 Å². The van der Waals surface area contributed by atoms with Crippen LogP contribution in [-0.2, 0) is 10.8 Å². The van der Waals surface area contributed by atoms with Crippen molar-refractivity contribution < 1.29 is 0 Å². The highest BCUT2D eigenvalue weighted by Crippen LogP contribution is 2.55. The molecule has 118 heavy (non-hydrogen) atoms. The smallest absolute Gasteiger partial charge is 0.0547 e. The van der Waals surface area contributed by atoms with Crippen molar-refractivity contribution in [3.05, 3.63) is 435 Å². The van der Waals surface area contributed by atoms with E-state index < -0.39 is 0 Å². The van der Waals surface area contributed by atoms with Crippen molar-refractivity contribution >= 4 is 142 Å². The quantitative estimate of drug-likeness (QED) is 0.136. The molecule has 0 aliphatic heterocycles. The van der Waals surface area contributed by atoms with E-state index in [0.29, 0.717) is 0 Å². The van der Waals surface area contributed by atoms with Gasteiger partial charge in [-0.3, -0.25) is 0 Å². The molecule has 20 aromatic carbocycles. The molecule has 0 spiro atoms. The number of rotatable bonds is 10. The predicted molar refractivity (Wildman–Crippen MR) is 502 cm³/mol. The number of hydrogen-bond acceptors (Lipinski definition) is 2. The molecule has 0 saturated heterocycles. The summed E-state index contributed by atoms with van der Waals surface area (Å²) in [6.45, 7) is 9.52. The number of para-hydroxylation sites is 2. The second kappa shape index (κ2) is 26.9. The number of fused-ring (bicyclic) bond motifs is 22. The van der Waals surface area contributed by atoms with E-state index in [9.17, 15) is 0 Å². The van der Waals surface area contributed by atoms with Gasteiger partial charge in [-0.15, -0.1) is 0 Å². The first-order valence-corrected chi connectivity index (χ1v) is 41.2. The van der Waals surface area contributed by atoms with Gasteiger partial charge in [0.25, 0.3) is 0 Å². The summed E-state index contributed by atoms with van der Waals surface area (Å²) < 4.78 is 4.93. The Bertz CT molecular complexity index is 7650. The SMILES string of the molecule is CC1(C)c2cc(N(c3ccccc3)c3ccc(-c4ccc(-n5c6ccc7ccccc7c6c6c7ccccc7ccc65)cc4)cc3)ccc2-c2cc3ccccc3cc21.CC1(C)c2cc(N(c3ccccc3)c3ccc(-c4ccc5ccccc5c4)cc3)ccc2-c2ccc(-n3c4ccc5ccccc5c4c4c5ccccc5ccc43)cc21. The van der Waals surface area contributed by atoms with Crippen LogP contribution in [0.15, 0.2) is 413 Å². The van der Waals surface area contributed by atoms with Gasteiger partial charge in [-0.1, -0.05) is 301 Å². The van der Waals surface area contributed by atoms with Gasteiger partial charge in [0.2, 0.25) is 0 Å². The summed E-state index contributed by atoms with van der Waals surface area (Å²) in [4.78, 5) is 4.78. The zero-order valence-corrected chi connectivity index (χ0v) is 66.0. The lowest BCUT2D eigenvalue weighted by Gasteiger charge is -2.28. The topological polar surface area (TPSA) is 16.3 Å². The molecule has 2 aliphatic rings. The number of anilines is 6. The fraction of sp³-hybridized carbons (Fsp3) is 0.0526. The highest BCUT2D eigenvalue weighted by molar-refractivity contribution is 6.30. The third-order valence-corrected chi connectivity index (χ3v) is 25.9. The lowest BCUT2D eigenvalue weighted by Crippen LogP contribution is -2.17. The van der Waals surface area contributed by atoms with Crippen molar-refractivity contribution in [2.24, 2.45) is 0 Å². The maximum atomic E-state index is 2.49. The molecule has 0 bridgehead atoms. The van der Waals surface area contributed by atoms with E-state index in [0.717, 1.165) is 39.8 Å². The van der Waals surface area contributed by atoms with Gasteiger partial charge in [-0.2, -0.15) is 0 Å². The molecule has 0 unspecified atom stereocenters. The summed E-state index contributed by atoms with van der Waals surface area (Å²) in [6, 6.07) is 152. The van der Waals surface area contributed by atoms with E-state index in [1.54, 1.807) is 0 Å². The predicted octanol–water partition coefficient (Wildman–Crippen LogP) is 31.4. The van der Waals surface area contributed by atoms with Gasteiger partial charge in [0, 0.05) is 77.9 Å². The van der Waals surface area contributed by atoms with E-state index in [2.05, 4.69) is 459 Å². The largest absolute Gasteiger partial charge is 0.310 e. The van der Waals surface area contributed by atoms with E-state index in [1.165, 1.54) is 181 Å².